The Balaban J connectivity index is 1.38. The van der Waals surface area contributed by atoms with Crippen molar-refractivity contribution in [2.75, 3.05) is 11.5 Å². The second-order valence-corrected chi connectivity index (χ2v) is 7.33. The van der Waals surface area contributed by atoms with Crippen LogP contribution in [0.25, 0.3) is 11.3 Å². The van der Waals surface area contributed by atoms with Gasteiger partial charge in [0.25, 0.3) is 11.8 Å². The van der Waals surface area contributed by atoms with Gasteiger partial charge in [0.05, 0.1) is 13.1 Å². The van der Waals surface area contributed by atoms with Crippen LogP contribution in [0.15, 0.2) is 22.2 Å². The molecule has 0 saturated heterocycles. The van der Waals surface area contributed by atoms with Gasteiger partial charge in [-0.3, -0.25) is 9.59 Å². The summed E-state index contributed by atoms with van der Waals surface area (Å²) in [5.74, 6) is -0.637. The van der Waals surface area contributed by atoms with E-state index >= 15 is 0 Å². The van der Waals surface area contributed by atoms with Crippen molar-refractivity contribution < 1.29 is 9.59 Å². The van der Waals surface area contributed by atoms with Crippen molar-refractivity contribution in [3.8, 4) is 0 Å². The fraction of sp³-hybridized carbons (Fsp3) is 0.286. The van der Waals surface area contributed by atoms with Crippen molar-refractivity contribution in [3.63, 3.8) is 0 Å². The molecule has 4 N–H and O–H groups in total. The number of fused-ring (bicyclic) bond motifs is 2. The molecule has 16 nitrogen and oxygen atoms in total. The lowest BCUT2D eigenvalue weighted by atomic mass is 10.4. The van der Waals surface area contributed by atoms with Gasteiger partial charge in [0, 0.05) is 11.5 Å². The molecule has 17 heteroatoms. The summed E-state index contributed by atoms with van der Waals surface area (Å²) in [5, 5.41) is 15.2. The first kappa shape index (κ1) is 20.1. The number of hydrogen-bond acceptors (Lipinski definition) is 11. The number of hydrogen-bond donors (Lipinski definition) is 2. The normalized spacial score (nSPS) is 11.4. The highest BCUT2D eigenvalue weighted by molar-refractivity contribution is 7.99. The molecule has 0 radical (unpaired) electrons. The van der Waals surface area contributed by atoms with Crippen LogP contribution >= 0.6 is 11.8 Å². The van der Waals surface area contributed by atoms with Crippen LogP contribution < -0.4 is 22.8 Å². The molecule has 0 bridgehead atoms. The third-order valence-electron chi connectivity index (χ3n) is 4.19. The van der Waals surface area contributed by atoms with Gasteiger partial charge in [-0.2, -0.15) is 21.1 Å². The molecule has 0 unspecified atom stereocenters. The zero-order valence-corrected chi connectivity index (χ0v) is 16.5. The average molecular weight is 446 g/mol. The maximum Gasteiger partial charge on any atom is 0.352 e. The Kier molecular flexibility index (Phi) is 5.15. The summed E-state index contributed by atoms with van der Waals surface area (Å²) in [4.78, 5) is 54.8. The maximum absolute atomic E-state index is 12.4. The topological polar surface area (TPSA) is 216 Å². The Bertz CT molecular complexity index is 1320. The van der Waals surface area contributed by atoms with E-state index in [2.05, 4.69) is 30.6 Å². The van der Waals surface area contributed by atoms with Gasteiger partial charge >= 0.3 is 11.4 Å². The van der Waals surface area contributed by atoms with Crippen LogP contribution in [0.4, 0.5) is 0 Å². The fourth-order valence-corrected chi connectivity index (χ4v) is 3.51. The molecule has 4 aromatic heterocycles. The van der Waals surface area contributed by atoms with E-state index < -0.39 is 23.2 Å². The number of thioether (sulfide) groups is 1. The highest BCUT2D eigenvalue weighted by Crippen LogP contribution is 2.04. The lowest BCUT2D eigenvalue weighted by Crippen LogP contribution is -2.31. The van der Waals surface area contributed by atoms with E-state index in [9.17, 15) is 19.2 Å². The average Bonchev–Trinajstić information content (AvgIpc) is 3.36. The van der Waals surface area contributed by atoms with Crippen LogP contribution in [0.3, 0.4) is 0 Å². The number of amides is 2. The van der Waals surface area contributed by atoms with E-state index in [1.54, 1.807) is 0 Å². The number of primary amides is 2. The highest BCUT2D eigenvalue weighted by Gasteiger charge is 2.16. The number of rotatable bonds is 8. The van der Waals surface area contributed by atoms with Gasteiger partial charge in [0.2, 0.25) is 0 Å². The molecule has 0 saturated carbocycles. The Morgan fingerprint density at radius 3 is 1.61 bits per heavy atom. The maximum atomic E-state index is 12.4. The summed E-state index contributed by atoms with van der Waals surface area (Å²) in [6.45, 7) is 0.471. The smallest absolute Gasteiger partial charge is 0.352 e. The predicted molar refractivity (Wildman–Crippen MR) is 104 cm³/mol. The van der Waals surface area contributed by atoms with E-state index in [1.807, 2.05) is 0 Å². The van der Waals surface area contributed by atoms with Crippen LogP contribution in [0.2, 0.25) is 0 Å². The molecule has 4 rings (SSSR count). The molecular weight excluding hydrogens is 432 g/mol. The minimum Gasteiger partial charge on any atom is -0.364 e. The van der Waals surface area contributed by atoms with Gasteiger partial charge in [-0.1, -0.05) is 10.4 Å². The molecule has 0 fully saturated rings. The number of nitrogens with zero attached hydrogens (tertiary/aromatic N) is 10. The fourth-order valence-electron chi connectivity index (χ4n) is 2.71. The predicted octanol–water partition coefficient (Wildman–Crippen LogP) is -3.48. The Morgan fingerprint density at radius 1 is 0.806 bits per heavy atom. The van der Waals surface area contributed by atoms with Crippen molar-refractivity contribution in [1.29, 1.82) is 0 Å². The van der Waals surface area contributed by atoms with E-state index in [4.69, 9.17) is 11.5 Å². The molecule has 31 heavy (non-hydrogen) atoms. The number of carbonyl (C=O) groups is 2. The van der Waals surface area contributed by atoms with E-state index in [-0.39, 0.29) is 35.8 Å². The van der Waals surface area contributed by atoms with Crippen molar-refractivity contribution in [3.05, 3.63) is 45.0 Å². The second-order valence-electron chi connectivity index (χ2n) is 6.10. The molecule has 160 valence electrons. The quantitative estimate of drug-likeness (QED) is 0.253. The number of aryl methyl sites for hydroxylation is 2. The third kappa shape index (κ3) is 3.61. The van der Waals surface area contributed by atoms with E-state index in [1.165, 1.54) is 11.8 Å². The first-order valence-electron chi connectivity index (χ1n) is 8.67. The van der Waals surface area contributed by atoms with Gasteiger partial charge in [-0.05, 0) is 0 Å². The summed E-state index contributed by atoms with van der Waals surface area (Å²) in [5.41, 5.74) is 9.06. The van der Waals surface area contributed by atoms with Gasteiger partial charge in [0.15, 0.2) is 22.7 Å². The minimum atomic E-state index is -0.803. The lowest BCUT2D eigenvalue weighted by molar-refractivity contribution is 0.0989. The van der Waals surface area contributed by atoms with Gasteiger partial charge in [0.1, 0.15) is 12.7 Å². The van der Waals surface area contributed by atoms with E-state index in [0.29, 0.717) is 11.5 Å². The summed E-state index contributed by atoms with van der Waals surface area (Å²) in [6, 6.07) is 0. The largest absolute Gasteiger partial charge is 0.364 e. The molecule has 0 atom stereocenters. The first-order valence-corrected chi connectivity index (χ1v) is 9.83. The number of aromatic nitrogens is 10. The summed E-state index contributed by atoms with van der Waals surface area (Å²) in [6.07, 6.45) is 2.33. The van der Waals surface area contributed by atoms with Crippen LogP contribution in [-0.2, 0) is 13.1 Å². The van der Waals surface area contributed by atoms with Crippen molar-refractivity contribution in [1.82, 2.24) is 48.8 Å². The second kappa shape index (κ2) is 7.94. The molecular formula is C14H14N12O4S. The minimum absolute atomic E-state index is 0.00580. The Labute approximate surface area is 174 Å². The van der Waals surface area contributed by atoms with Crippen LogP contribution in [0.5, 0.6) is 0 Å². The molecule has 0 aliphatic rings. The molecule has 4 heterocycles. The van der Waals surface area contributed by atoms with Crippen LogP contribution in [-0.4, -0.2) is 72.1 Å². The molecule has 4 aromatic rings. The molecule has 0 spiro atoms. The molecule has 0 aliphatic heterocycles. The van der Waals surface area contributed by atoms with Crippen LogP contribution in [0.1, 0.15) is 21.0 Å². The Hall–Kier alpha value is -4.15. The number of imidazole rings is 2. The van der Waals surface area contributed by atoms with Gasteiger partial charge in [-0.25, -0.2) is 28.4 Å². The number of nitrogens with two attached hydrogens (primary N) is 2. The number of carbonyl (C=O) groups excluding carboxylic acids is 2. The summed E-state index contributed by atoms with van der Waals surface area (Å²) < 4.78 is 4.43. The summed E-state index contributed by atoms with van der Waals surface area (Å²) >= 11 is 1.44. The lowest BCUT2D eigenvalue weighted by Gasteiger charge is -2.05. The third-order valence-corrected chi connectivity index (χ3v) is 5.14. The monoisotopic (exact) mass is 446 g/mol. The van der Waals surface area contributed by atoms with Crippen molar-refractivity contribution in [2.24, 2.45) is 11.5 Å². The SMILES string of the molecule is NC(=O)c1ncn2c(=O)n(CCSCCn3nnc4c(C(N)=O)ncn4c3=O)nnc12. The summed E-state index contributed by atoms with van der Waals surface area (Å²) in [7, 11) is 0. The van der Waals surface area contributed by atoms with Gasteiger partial charge in [-0.15, -0.1) is 10.2 Å². The molecule has 2 amide bonds. The van der Waals surface area contributed by atoms with Crippen LogP contribution in [0, 0.1) is 0 Å². The first-order chi connectivity index (χ1) is 14.9. The standard InChI is InChI=1S/C14H14N12O4S/c15-9(27)7-11-19-21-25(13(29)23(11)5-17-7)1-3-31-4-2-26-14(30)24-6-18-8(10(16)28)12(24)20-22-26/h5-6H,1-4H2,(H2,15,27)(H2,16,28). The zero-order chi connectivity index (χ0) is 22.1. The zero-order valence-electron chi connectivity index (χ0n) is 15.7. The van der Waals surface area contributed by atoms with E-state index in [0.717, 1.165) is 30.8 Å². The van der Waals surface area contributed by atoms with Crippen molar-refractivity contribution >= 4 is 34.9 Å². The van der Waals surface area contributed by atoms with Gasteiger partial charge < -0.3 is 11.5 Å². The Morgan fingerprint density at radius 2 is 1.23 bits per heavy atom. The van der Waals surface area contributed by atoms with Crippen molar-refractivity contribution in [2.45, 2.75) is 13.1 Å². The highest BCUT2D eigenvalue weighted by atomic mass is 32.2. The molecule has 0 aromatic carbocycles. The molecule has 0 aliphatic carbocycles.